The van der Waals surface area contributed by atoms with Crippen molar-refractivity contribution in [2.45, 2.75) is 70.5 Å². The molecule has 0 fully saturated rings. The van der Waals surface area contributed by atoms with Gasteiger partial charge in [0.2, 0.25) is 0 Å². The van der Waals surface area contributed by atoms with Gasteiger partial charge in [0.05, 0.1) is 5.41 Å². The first-order chi connectivity index (χ1) is 20.9. The molecule has 3 rings (SSSR count). The summed E-state index contributed by atoms with van der Waals surface area (Å²) in [7, 11) is 0. The summed E-state index contributed by atoms with van der Waals surface area (Å²) in [5, 5.41) is 0.519. The second-order valence-corrected chi connectivity index (χ2v) is 11.4. The van der Waals surface area contributed by atoms with E-state index in [-0.39, 0.29) is 17.8 Å². The summed E-state index contributed by atoms with van der Waals surface area (Å²) in [6, 6.07) is 7.64. The molecule has 46 heavy (non-hydrogen) atoms. The molecular formula is C28H31F8N3O7. The van der Waals surface area contributed by atoms with Crippen LogP contribution >= 0.6 is 0 Å². The van der Waals surface area contributed by atoms with Gasteiger partial charge in [-0.3, -0.25) is 9.78 Å². The molecule has 2 heterocycles. The second-order valence-electron chi connectivity index (χ2n) is 11.4. The van der Waals surface area contributed by atoms with Gasteiger partial charge in [-0.1, -0.05) is 0 Å². The Hall–Kier alpha value is -3.58. The number of esters is 1. The summed E-state index contributed by atoms with van der Waals surface area (Å²) in [4.78, 5) is 16.2. The van der Waals surface area contributed by atoms with Gasteiger partial charge in [0.25, 0.3) is 0 Å². The van der Waals surface area contributed by atoms with Gasteiger partial charge in [-0.15, -0.1) is 17.6 Å². The number of rotatable bonds is 16. The number of carbonyl (C=O) groups excluding carboxylic acids is 1. The van der Waals surface area contributed by atoms with Gasteiger partial charge < -0.3 is 25.4 Å². The van der Waals surface area contributed by atoms with Crippen molar-refractivity contribution >= 4 is 16.9 Å². The molecular weight excluding hydrogens is 642 g/mol. The molecule has 4 N–H and O–H groups in total. The molecule has 0 aliphatic carbocycles. The van der Waals surface area contributed by atoms with E-state index in [0.717, 1.165) is 6.07 Å². The van der Waals surface area contributed by atoms with Crippen LogP contribution in [0.15, 0.2) is 53.2 Å². The minimum absolute atomic E-state index is 0.0194. The molecule has 1 aromatic carbocycles. The van der Waals surface area contributed by atoms with E-state index in [1.165, 1.54) is 38.4 Å². The number of alkyl halides is 8. The Morgan fingerprint density at radius 2 is 1.50 bits per heavy atom. The van der Waals surface area contributed by atoms with Crippen LogP contribution < -0.4 is 16.2 Å². The predicted octanol–water partition coefficient (Wildman–Crippen LogP) is 6.23. The van der Waals surface area contributed by atoms with Crippen molar-refractivity contribution in [1.82, 2.24) is 4.98 Å². The first kappa shape index (κ1) is 36.9. The van der Waals surface area contributed by atoms with Crippen LogP contribution in [0.4, 0.5) is 35.1 Å². The van der Waals surface area contributed by atoms with Gasteiger partial charge in [0.1, 0.15) is 17.1 Å². The standard InChI is InChI=1S/C28H31F8N3O7/c1-23(2,38)12-21(37)24(3,4)22(40)42-15-26(31,32)45-28(35,36)46-27(33,34)44-25(29,30)14-41-18-8-7-16-10-19(43-20(16)11-18)17-6-5-9-39-13-17/h5-11,13,21H,12,14-15,37-38H2,1-4H3. The average Bonchev–Trinajstić information content (AvgIpc) is 3.32. The predicted molar refractivity (Wildman–Crippen MR) is 144 cm³/mol. The number of hydrogen-bond acceptors (Lipinski definition) is 10. The molecule has 10 nitrogen and oxygen atoms in total. The fraction of sp³-hybridized carbons (Fsp3) is 0.500. The number of nitrogens with two attached hydrogens (primary N) is 2. The highest BCUT2D eigenvalue weighted by Crippen LogP contribution is 2.38. The van der Waals surface area contributed by atoms with Crippen LogP contribution in [0.3, 0.4) is 0 Å². The molecule has 0 aliphatic heterocycles. The number of halogens is 8. The normalized spacial score (nSPS) is 14.4. The molecule has 1 unspecified atom stereocenters. The largest absolute Gasteiger partial charge is 0.496 e. The third kappa shape index (κ3) is 10.8. The van der Waals surface area contributed by atoms with Crippen molar-refractivity contribution in [2.75, 3.05) is 13.2 Å². The van der Waals surface area contributed by atoms with Gasteiger partial charge in [-0.05, 0) is 64.4 Å². The second kappa shape index (κ2) is 13.3. The number of nitrogens with zero attached hydrogens (tertiary/aromatic N) is 1. The molecule has 0 bridgehead atoms. The molecule has 18 heteroatoms. The van der Waals surface area contributed by atoms with Gasteiger partial charge in [0.15, 0.2) is 13.2 Å². The fourth-order valence-electron chi connectivity index (χ4n) is 3.81. The van der Waals surface area contributed by atoms with Gasteiger partial charge in [0, 0.05) is 41.0 Å². The fourth-order valence-corrected chi connectivity index (χ4v) is 3.81. The maximum Gasteiger partial charge on any atom is 0.496 e. The van der Waals surface area contributed by atoms with Crippen LogP contribution in [0, 0.1) is 5.41 Å². The molecule has 3 aromatic rings. The van der Waals surface area contributed by atoms with Gasteiger partial charge in [-0.25, -0.2) is 14.2 Å². The highest BCUT2D eigenvalue weighted by atomic mass is 19.3. The van der Waals surface area contributed by atoms with E-state index in [2.05, 4.69) is 23.9 Å². The Bertz CT molecular complexity index is 1480. The Kier molecular flexibility index (Phi) is 10.6. The summed E-state index contributed by atoms with van der Waals surface area (Å²) < 4.78 is 135. The van der Waals surface area contributed by atoms with E-state index in [9.17, 15) is 39.9 Å². The van der Waals surface area contributed by atoms with Crippen molar-refractivity contribution < 1.29 is 68.0 Å². The van der Waals surface area contributed by atoms with E-state index < -0.39 is 61.0 Å². The lowest BCUT2D eigenvalue weighted by molar-refractivity contribution is -0.574. The minimum Gasteiger partial charge on any atom is -0.484 e. The van der Waals surface area contributed by atoms with Crippen LogP contribution in [0.1, 0.15) is 34.1 Å². The Labute approximate surface area is 256 Å². The number of benzene rings is 1. The first-order valence-corrected chi connectivity index (χ1v) is 13.3. The van der Waals surface area contributed by atoms with Crippen LogP contribution in [0.5, 0.6) is 5.75 Å². The zero-order valence-electron chi connectivity index (χ0n) is 24.8. The monoisotopic (exact) mass is 673 g/mol. The molecule has 2 aromatic heterocycles. The van der Waals surface area contributed by atoms with E-state index in [4.69, 9.17) is 20.6 Å². The van der Waals surface area contributed by atoms with E-state index in [1.54, 1.807) is 32.0 Å². The van der Waals surface area contributed by atoms with Crippen molar-refractivity contribution in [1.29, 1.82) is 0 Å². The number of pyridine rings is 1. The van der Waals surface area contributed by atoms with Crippen LogP contribution in [-0.2, 0) is 23.7 Å². The first-order valence-electron chi connectivity index (χ1n) is 13.3. The molecule has 0 radical (unpaired) electrons. The maximum absolute atomic E-state index is 14.1. The third-order valence-corrected chi connectivity index (χ3v) is 6.19. The summed E-state index contributed by atoms with van der Waals surface area (Å²) in [6.45, 7) is 1.40. The third-order valence-electron chi connectivity index (χ3n) is 6.19. The van der Waals surface area contributed by atoms with Gasteiger partial charge in [-0.2, -0.15) is 17.6 Å². The van der Waals surface area contributed by atoms with Crippen LogP contribution in [0.2, 0.25) is 0 Å². The molecule has 0 spiro atoms. The van der Waals surface area contributed by atoms with Crippen molar-refractivity contribution in [3.8, 4) is 17.1 Å². The van der Waals surface area contributed by atoms with E-state index in [1.807, 2.05) is 0 Å². The van der Waals surface area contributed by atoms with Crippen molar-refractivity contribution in [3.05, 3.63) is 48.8 Å². The number of furan rings is 1. The lowest BCUT2D eigenvalue weighted by Crippen LogP contribution is -2.51. The summed E-state index contributed by atoms with van der Waals surface area (Å²) in [5.74, 6) is -1.33. The average molecular weight is 674 g/mol. The molecule has 256 valence electrons. The minimum atomic E-state index is -5.93. The van der Waals surface area contributed by atoms with Crippen LogP contribution in [-0.4, -0.2) is 60.6 Å². The number of fused-ring (bicyclic) bond motifs is 1. The Balaban J connectivity index is 1.55. The zero-order valence-corrected chi connectivity index (χ0v) is 24.8. The Morgan fingerprint density at radius 1 is 0.891 bits per heavy atom. The quantitative estimate of drug-likeness (QED) is 0.102. The molecule has 0 amide bonds. The number of carbonyl (C=O) groups is 1. The number of ether oxygens (including phenoxy) is 5. The topological polar surface area (TPSA) is 141 Å². The lowest BCUT2D eigenvalue weighted by atomic mass is 9.79. The van der Waals surface area contributed by atoms with Crippen molar-refractivity contribution in [3.63, 3.8) is 0 Å². The van der Waals surface area contributed by atoms with Crippen LogP contribution in [0.25, 0.3) is 22.3 Å². The highest BCUT2D eigenvalue weighted by Gasteiger charge is 2.57. The zero-order chi connectivity index (χ0) is 34.8. The highest BCUT2D eigenvalue weighted by molar-refractivity contribution is 5.83. The van der Waals surface area contributed by atoms with E-state index >= 15 is 0 Å². The molecule has 0 saturated carbocycles. The Morgan fingerprint density at radius 3 is 2.07 bits per heavy atom. The number of hydrogen-bond donors (Lipinski definition) is 2. The van der Waals surface area contributed by atoms with Crippen molar-refractivity contribution in [2.24, 2.45) is 16.9 Å². The summed E-state index contributed by atoms with van der Waals surface area (Å²) >= 11 is 0. The molecule has 0 aliphatic rings. The lowest BCUT2D eigenvalue weighted by Gasteiger charge is -2.34. The smallest absolute Gasteiger partial charge is 0.484 e. The number of aromatic nitrogens is 1. The SMILES string of the molecule is CC(C)(N)CC(N)C(C)(C)C(=O)OCC(F)(F)OC(F)(F)OC(F)(F)OC(F)(F)COc1ccc2cc(-c3cccnc3)oc2c1. The molecule has 0 saturated heterocycles. The summed E-state index contributed by atoms with van der Waals surface area (Å²) in [5.41, 5.74) is 9.93. The maximum atomic E-state index is 14.1. The van der Waals surface area contributed by atoms with Gasteiger partial charge >= 0.3 is 30.8 Å². The summed E-state index contributed by atoms with van der Waals surface area (Å²) in [6.07, 6.45) is -18.9. The molecule has 1 atom stereocenters. The van der Waals surface area contributed by atoms with E-state index in [0.29, 0.717) is 16.7 Å².